The normalized spacial score (nSPS) is 19.8. The molecular weight excluding hydrogens is 713 g/mol. The molecule has 55 heavy (non-hydrogen) atoms. The van der Waals surface area contributed by atoms with Crippen molar-refractivity contribution in [3.63, 3.8) is 0 Å². The molecule has 1 aliphatic heterocycles. The lowest BCUT2D eigenvalue weighted by Gasteiger charge is -2.24. The first-order valence-corrected chi connectivity index (χ1v) is 18.4. The molecule has 11 nitrogen and oxygen atoms in total. The molecule has 294 valence electrons. The second-order valence-corrected chi connectivity index (χ2v) is 14.3. The number of aliphatic imine (C=N–C) groups is 1. The number of carbonyl (C=O) groups is 1. The molecule has 2 atom stereocenters. The van der Waals surface area contributed by atoms with Gasteiger partial charge in [0.25, 0.3) is 5.95 Å². The third-order valence-electron chi connectivity index (χ3n) is 10.4. The largest absolute Gasteiger partial charge is 0.478 e. The zero-order valence-electron chi connectivity index (χ0n) is 32.0. The highest BCUT2D eigenvalue weighted by molar-refractivity contribution is 6.01. The van der Waals surface area contributed by atoms with Crippen LogP contribution in [0.4, 0.5) is 24.8 Å². The molecule has 1 saturated carbocycles. The first kappa shape index (κ1) is 41.3. The molecule has 3 aromatic rings. The number of aryl methyl sites for hydroxylation is 2. The highest BCUT2D eigenvalue weighted by atomic mass is 19.4. The smallest absolute Gasteiger partial charge is 0.398 e. The lowest BCUT2D eigenvalue weighted by atomic mass is 9.93. The van der Waals surface area contributed by atoms with Gasteiger partial charge in [-0.1, -0.05) is 60.9 Å². The van der Waals surface area contributed by atoms with Crippen LogP contribution in [0.5, 0.6) is 5.88 Å². The Morgan fingerprint density at radius 2 is 1.71 bits per heavy atom. The quantitative estimate of drug-likeness (QED) is 0.0497. The summed E-state index contributed by atoms with van der Waals surface area (Å²) in [6.45, 7) is 11.2. The van der Waals surface area contributed by atoms with Crippen molar-refractivity contribution in [3.05, 3.63) is 100 Å². The van der Waals surface area contributed by atoms with E-state index in [0.29, 0.717) is 22.6 Å². The monoisotopic (exact) mass is 763 g/mol. The van der Waals surface area contributed by atoms with Gasteiger partial charge in [-0.05, 0) is 90.0 Å². The maximum atomic E-state index is 13.8. The molecule has 1 aromatic heterocycles. The number of quaternary nitrogens is 1. The van der Waals surface area contributed by atoms with Crippen LogP contribution in [-0.2, 0) is 0 Å². The number of aromatic carboxylic acids is 1. The Hall–Kier alpha value is -4.89. The van der Waals surface area contributed by atoms with Crippen LogP contribution in [-0.4, -0.2) is 62.0 Å². The molecular formula is C41H50F3N6O5+. The third kappa shape index (κ3) is 9.68. The molecule has 0 radical (unpaired) electrons. The maximum absolute atomic E-state index is 13.8. The summed E-state index contributed by atoms with van der Waals surface area (Å²) in [5.41, 5.74) is 5.92. The number of anilines is 1. The molecule has 2 aliphatic rings. The number of alkyl halides is 3. The predicted molar refractivity (Wildman–Crippen MR) is 206 cm³/mol. The zero-order chi connectivity index (χ0) is 40.1. The number of hydrogen-bond acceptors (Lipinski definition) is 9. The van der Waals surface area contributed by atoms with Gasteiger partial charge < -0.3 is 15.2 Å². The van der Waals surface area contributed by atoms with E-state index in [1.807, 2.05) is 52.0 Å². The Bertz CT molecular complexity index is 2000. The van der Waals surface area contributed by atoms with Crippen molar-refractivity contribution in [2.24, 2.45) is 10.4 Å². The van der Waals surface area contributed by atoms with E-state index in [9.17, 15) is 33.5 Å². The highest BCUT2D eigenvalue weighted by Gasteiger charge is 2.64. The van der Waals surface area contributed by atoms with Crippen molar-refractivity contribution >= 4 is 23.3 Å². The number of nitrogens with zero attached hydrogens (tertiary/aromatic N) is 4. The molecule has 2 heterocycles. The number of allylic oxidation sites excluding steroid dienone is 5. The topological polar surface area (TPSA) is 149 Å². The van der Waals surface area contributed by atoms with Crippen molar-refractivity contribution in [2.75, 3.05) is 12.0 Å². The van der Waals surface area contributed by atoms with E-state index in [1.54, 1.807) is 32.1 Å². The van der Waals surface area contributed by atoms with E-state index in [2.05, 4.69) is 20.7 Å². The summed E-state index contributed by atoms with van der Waals surface area (Å²) in [5.74, 6) is -1.24. The third-order valence-corrected chi connectivity index (χ3v) is 10.4. The van der Waals surface area contributed by atoms with Gasteiger partial charge in [-0.25, -0.2) is 9.78 Å². The summed E-state index contributed by atoms with van der Waals surface area (Å²) in [7, 11) is 0. The van der Waals surface area contributed by atoms with Crippen LogP contribution in [0.2, 0.25) is 0 Å². The minimum Gasteiger partial charge on any atom is -0.478 e. The fraction of sp³-hybridized carbons (Fsp3) is 0.415. The van der Waals surface area contributed by atoms with Crippen LogP contribution < -0.4 is 20.4 Å². The summed E-state index contributed by atoms with van der Waals surface area (Å²) in [6, 6.07) is 12.4. The van der Waals surface area contributed by atoms with Crippen LogP contribution in [0.15, 0.2) is 88.6 Å². The van der Waals surface area contributed by atoms with Crippen molar-refractivity contribution in [1.29, 1.82) is 0 Å². The highest BCUT2D eigenvalue weighted by Crippen LogP contribution is 2.62. The fourth-order valence-electron chi connectivity index (χ4n) is 7.07. The predicted octanol–water partition coefficient (Wildman–Crippen LogP) is 9.45. The molecule has 0 bridgehead atoms. The van der Waals surface area contributed by atoms with Crippen molar-refractivity contribution in [3.8, 4) is 17.1 Å². The zero-order valence-corrected chi connectivity index (χ0v) is 32.0. The van der Waals surface area contributed by atoms with Crippen molar-refractivity contribution in [2.45, 2.75) is 98.3 Å². The molecule has 2 fully saturated rings. The Labute approximate surface area is 319 Å². The summed E-state index contributed by atoms with van der Waals surface area (Å²) < 4.78 is 47.7. The van der Waals surface area contributed by atoms with E-state index in [0.717, 1.165) is 54.1 Å². The van der Waals surface area contributed by atoms with Gasteiger partial charge >= 0.3 is 12.1 Å². The van der Waals surface area contributed by atoms with E-state index in [1.165, 1.54) is 18.2 Å². The second kappa shape index (κ2) is 16.9. The molecule has 0 spiro atoms. The van der Waals surface area contributed by atoms with Gasteiger partial charge in [-0.15, -0.1) is 15.8 Å². The second-order valence-electron chi connectivity index (χ2n) is 14.3. The number of carboxylic acid groups (broad SMARTS) is 1. The number of ether oxygens (including phenoxy) is 1. The van der Waals surface area contributed by atoms with E-state index in [4.69, 9.17) is 9.73 Å². The van der Waals surface area contributed by atoms with Gasteiger partial charge in [0.15, 0.2) is 0 Å². The molecule has 5 rings (SSSR count). The number of benzene rings is 2. The number of halogens is 3. The number of carboxylic acids is 1. The van der Waals surface area contributed by atoms with Crippen LogP contribution >= 0.6 is 0 Å². The molecule has 2 aromatic carbocycles. The number of nitrogens with one attached hydrogen (secondary N) is 2. The van der Waals surface area contributed by atoms with Crippen molar-refractivity contribution in [1.82, 2.24) is 20.2 Å². The maximum Gasteiger partial charge on any atom is 0.398 e. The van der Waals surface area contributed by atoms with Gasteiger partial charge in [-0.3, -0.25) is 4.99 Å². The minimum atomic E-state index is -4.28. The van der Waals surface area contributed by atoms with Gasteiger partial charge in [-0.2, -0.15) is 18.2 Å². The Morgan fingerprint density at radius 1 is 1.04 bits per heavy atom. The average molecular weight is 764 g/mol. The van der Waals surface area contributed by atoms with E-state index >= 15 is 0 Å². The van der Waals surface area contributed by atoms with Crippen LogP contribution in [0.1, 0.15) is 87.7 Å². The average Bonchev–Trinajstić information content (AvgIpc) is 3.98. The summed E-state index contributed by atoms with van der Waals surface area (Å²) in [5, 5.41) is 35.1. The van der Waals surface area contributed by atoms with Crippen LogP contribution in [0.3, 0.4) is 0 Å². The standard InChI is InChI=1S/C41H49F3N6O5/c1-7-29(21-27(5)40(19-20-40)41(42,43)44)28(6)45-33(8-2)34-18-10-9-16-31(46-34)24-55-36-23-35(37-25(3)13-11-14-26(37)4)47-39(48-36)49-50(53,54)32-17-12-15-30(22-32)38(51)52/h7-8,11-15,17,21-23,31,34,46,53-54H,9-10,16,18-20,24H2,1-6H3,(H-,47,48,49,51,52)/p+1/b27-21+,29-7-,33-8-,45-28-. The molecule has 2 unspecified atom stereocenters. The molecule has 0 amide bonds. The molecule has 1 saturated heterocycles. The lowest BCUT2D eigenvalue weighted by molar-refractivity contribution is -0.273. The minimum absolute atomic E-state index is 0.104. The Balaban J connectivity index is 1.37. The summed E-state index contributed by atoms with van der Waals surface area (Å²) in [4.78, 5) is 23.6. The Morgan fingerprint density at radius 3 is 2.33 bits per heavy atom. The SMILES string of the molecule is C/C=C(/C=C(\C)C1(C(F)(F)F)CC1)C(\C)=N/C(=C\C)C1CCCCC(COc2cc(-c3c(C)cccc3C)nc(N[N+](O)(O)c3cccc(C(=O)O)c3)n2)N1. The molecule has 5 N–H and O–H groups in total. The molecule has 14 heteroatoms. The Kier molecular flexibility index (Phi) is 12.7. The van der Waals surface area contributed by atoms with Gasteiger partial charge in [0, 0.05) is 41.6 Å². The first-order valence-electron chi connectivity index (χ1n) is 18.4. The van der Waals surface area contributed by atoms with Gasteiger partial charge in [0.1, 0.15) is 6.61 Å². The van der Waals surface area contributed by atoms with Crippen molar-refractivity contribution < 1.29 is 38.2 Å². The number of aromatic nitrogens is 2. The van der Waals surface area contributed by atoms with E-state index in [-0.39, 0.29) is 54.6 Å². The van der Waals surface area contributed by atoms with Gasteiger partial charge in [0.05, 0.1) is 27.3 Å². The van der Waals surface area contributed by atoms with E-state index < -0.39 is 22.5 Å². The number of hydrogen-bond donors (Lipinski definition) is 5. The first-order chi connectivity index (χ1) is 26.0. The fourth-order valence-corrected chi connectivity index (χ4v) is 7.07. The summed E-state index contributed by atoms with van der Waals surface area (Å²) >= 11 is 0. The van der Waals surface area contributed by atoms with Crippen LogP contribution in [0.25, 0.3) is 11.3 Å². The molecule has 1 aliphatic carbocycles. The van der Waals surface area contributed by atoms with Crippen LogP contribution in [0, 0.1) is 19.3 Å². The summed E-state index contributed by atoms with van der Waals surface area (Å²) in [6.07, 6.45) is 4.71. The number of rotatable bonds is 13. The lowest BCUT2D eigenvalue weighted by Crippen LogP contribution is -2.48. The van der Waals surface area contributed by atoms with Gasteiger partial charge in [0.2, 0.25) is 11.6 Å².